The molecule has 3 nitrogen and oxygen atoms in total. The molecular weight excluding hydrogens is 152 g/mol. The topological polar surface area (TPSA) is 52.0 Å². The van der Waals surface area contributed by atoms with Crippen LogP contribution >= 0.6 is 0 Å². The highest BCUT2D eigenvalue weighted by molar-refractivity contribution is 5.42. The van der Waals surface area contributed by atoms with Crippen molar-refractivity contribution < 1.29 is 4.52 Å². The molecule has 0 amide bonds. The Morgan fingerprint density at radius 1 is 1.67 bits per heavy atom. The van der Waals surface area contributed by atoms with Crippen LogP contribution in [0.25, 0.3) is 0 Å². The lowest BCUT2D eigenvalue weighted by Gasteiger charge is -1.94. The van der Waals surface area contributed by atoms with E-state index in [2.05, 4.69) is 19.0 Å². The van der Waals surface area contributed by atoms with E-state index in [0.717, 1.165) is 23.6 Å². The molecule has 1 saturated carbocycles. The first-order valence-electron chi connectivity index (χ1n) is 4.48. The van der Waals surface area contributed by atoms with Crippen molar-refractivity contribution in [1.82, 2.24) is 5.16 Å². The number of rotatable bonds is 2. The van der Waals surface area contributed by atoms with E-state index < -0.39 is 0 Å². The number of nitrogen functional groups attached to an aromatic ring is 1. The van der Waals surface area contributed by atoms with Gasteiger partial charge in [0.2, 0.25) is 5.88 Å². The minimum Gasteiger partial charge on any atom is -0.367 e. The highest BCUT2D eigenvalue weighted by Gasteiger charge is 2.38. The zero-order valence-corrected chi connectivity index (χ0v) is 7.50. The molecule has 0 bridgehead atoms. The van der Waals surface area contributed by atoms with E-state index in [1.165, 1.54) is 6.42 Å². The van der Waals surface area contributed by atoms with Crippen molar-refractivity contribution in [3.63, 3.8) is 0 Å². The summed E-state index contributed by atoms with van der Waals surface area (Å²) < 4.78 is 4.96. The SMILES string of the molecule is CCc1c(C2CC2C)noc1N. The summed E-state index contributed by atoms with van der Waals surface area (Å²) in [5.74, 6) is 1.88. The summed E-state index contributed by atoms with van der Waals surface area (Å²) in [4.78, 5) is 0. The molecule has 1 aromatic heterocycles. The average Bonchev–Trinajstić information content (AvgIpc) is 2.63. The van der Waals surface area contributed by atoms with Crippen molar-refractivity contribution in [2.75, 3.05) is 5.73 Å². The van der Waals surface area contributed by atoms with Crippen molar-refractivity contribution in [2.24, 2.45) is 5.92 Å². The second-order valence-electron chi connectivity index (χ2n) is 3.58. The molecule has 0 aliphatic heterocycles. The number of nitrogens with zero attached hydrogens (tertiary/aromatic N) is 1. The van der Waals surface area contributed by atoms with Gasteiger partial charge in [-0.15, -0.1) is 0 Å². The normalized spacial score (nSPS) is 27.5. The van der Waals surface area contributed by atoms with Gasteiger partial charge in [-0.3, -0.25) is 0 Å². The van der Waals surface area contributed by atoms with Crippen LogP contribution in [0.4, 0.5) is 5.88 Å². The number of hydrogen-bond donors (Lipinski definition) is 1. The maximum Gasteiger partial charge on any atom is 0.225 e. The number of anilines is 1. The molecule has 0 radical (unpaired) electrons. The van der Waals surface area contributed by atoms with Gasteiger partial charge in [0.25, 0.3) is 0 Å². The van der Waals surface area contributed by atoms with Crippen LogP contribution in [-0.2, 0) is 6.42 Å². The third-order valence-electron chi connectivity index (χ3n) is 2.66. The van der Waals surface area contributed by atoms with Crippen LogP contribution in [0, 0.1) is 5.92 Å². The van der Waals surface area contributed by atoms with E-state index in [-0.39, 0.29) is 0 Å². The van der Waals surface area contributed by atoms with Gasteiger partial charge in [0.1, 0.15) is 0 Å². The minimum atomic E-state index is 0.506. The first kappa shape index (κ1) is 7.65. The highest BCUT2D eigenvalue weighted by Crippen LogP contribution is 2.48. The Morgan fingerprint density at radius 3 is 2.83 bits per heavy atom. The number of hydrogen-bond acceptors (Lipinski definition) is 3. The maximum atomic E-state index is 5.63. The molecule has 1 aromatic rings. The molecule has 1 heterocycles. The Hall–Kier alpha value is -0.990. The van der Waals surface area contributed by atoms with E-state index in [4.69, 9.17) is 10.3 Å². The maximum absolute atomic E-state index is 5.63. The van der Waals surface area contributed by atoms with Gasteiger partial charge >= 0.3 is 0 Å². The number of nitrogens with two attached hydrogens (primary N) is 1. The predicted molar refractivity (Wildman–Crippen MR) is 46.8 cm³/mol. The van der Waals surface area contributed by atoms with Gasteiger partial charge in [-0.25, -0.2) is 0 Å². The Balaban J connectivity index is 2.31. The van der Waals surface area contributed by atoms with Crippen LogP contribution in [0.2, 0.25) is 0 Å². The molecule has 2 unspecified atom stereocenters. The molecule has 0 spiro atoms. The highest BCUT2D eigenvalue weighted by atomic mass is 16.5. The van der Waals surface area contributed by atoms with Crippen LogP contribution in [0.15, 0.2) is 4.52 Å². The second kappa shape index (κ2) is 2.51. The Bertz CT molecular complexity index is 293. The van der Waals surface area contributed by atoms with Gasteiger partial charge in [-0.2, -0.15) is 0 Å². The lowest BCUT2D eigenvalue weighted by molar-refractivity contribution is 0.426. The summed E-state index contributed by atoms with van der Waals surface area (Å²) in [6.45, 7) is 4.31. The van der Waals surface area contributed by atoms with Crippen LogP contribution in [0.5, 0.6) is 0 Å². The van der Waals surface area contributed by atoms with Crippen molar-refractivity contribution in [3.8, 4) is 0 Å². The third kappa shape index (κ3) is 1.00. The molecule has 1 aliphatic carbocycles. The van der Waals surface area contributed by atoms with Crippen molar-refractivity contribution in [2.45, 2.75) is 32.6 Å². The lowest BCUT2D eigenvalue weighted by atomic mass is 10.1. The van der Waals surface area contributed by atoms with Gasteiger partial charge in [0, 0.05) is 11.5 Å². The van der Waals surface area contributed by atoms with E-state index >= 15 is 0 Å². The summed E-state index contributed by atoms with van der Waals surface area (Å²) in [6.07, 6.45) is 2.16. The smallest absolute Gasteiger partial charge is 0.225 e. The van der Waals surface area contributed by atoms with E-state index in [0.29, 0.717) is 11.8 Å². The molecule has 0 saturated heterocycles. The lowest BCUT2D eigenvalue weighted by Crippen LogP contribution is -1.92. The van der Waals surface area contributed by atoms with Crippen LogP contribution in [-0.4, -0.2) is 5.16 Å². The fourth-order valence-corrected chi connectivity index (χ4v) is 1.68. The second-order valence-corrected chi connectivity index (χ2v) is 3.58. The zero-order valence-electron chi connectivity index (χ0n) is 7.50. The molecule has 3 heteroatoms. The summed E-state index contributed by atoms with van der Waals surface area (Å²) in [7, 11) is 0. The monoisotopic (exact) mass is 166 g/mol. The largest absolute Gasteiger partial charge is 0.367 e. The molecule has 12 heavy (non-hydrogen) atoms. The molecule has 1 fully saturated rings. The quantitative estimate of drug-likeness (QED) is 0.730. The molecule has 2 N–H and O–H groups in total. The summed E-state index contributed by atoms with van der Waals surface area (Å²) >= 11 is 0. The summed E-state index contributed by atoms with van der Waals surface area (Å²) in [5.41, 5.74) is 7.85. The van der Waals surface area contributed by atoms with Crippen LogP contribution < -0.4 is 5.73 Å². The van der Waals surface area contributed by atoms with Crippen LogP contribution in [0.1, 0.15) is 37.4 Å². The first-order chi connectivity index (χ1) is 5.74. The molecular formula is C9H14N2O. The molecule has 66 valence electrons. The Labute approximate surface area is 71.9 Å². The fraction of sp³-hybridized carbons (Fsp3) is 0.667. The van der Waals surface area contributed by atoms with Crippen molar-refractivity contribution in [1.29, 1.82) is 0 Å². The predicted octanol–water partition coefficient (Wildman–Crippen LogP) is 1.94. The van der Waals surface area contributed by atoms with Crippen molar-refractivity contribution in [3.05, 3.63) is 11.3 Å². The fourth-order valence-electron chi connectivity index (χ4n) is 1.68. The summed E-state index contributed by atoms with van der Waals surface area (Å²) in [6, 6.07) is 0. The Kier molecular flexibility index (Phi) is 1.60. The van der Waals surface area contributed by atoms with E-state index in [1.807, 2.05) is 0 Å². The molecule has 1 aliphatic rings. The van der Waals surface area contributed by atoms with Gasteiger partial charge < -0.3 is 10.3 Å². The van der Waals surface area contributed by atoms with Crippen molar-refractivity contribution >= 4 is 5.88 Å². The molecule has 2 rings (SSSR count). The molecule has 2 atom stereocenters. The van der Waals surface area contributed by atoms with Crippen LogP contribution in [0.3, 0.4) is 0 Å². The Morgan fingerprint density at radius 2 is 2.33 bits per heavy atom. The molecule has 0 aromatic carbocycles. The van der Waals surface area contributed by atoms with Gasteiger partial charge in [-0.05, 0) is 18.8 Å². The van der Waals surface area contributed by atoms with E-state index in [9.17, 15) is 0 Å². The van der Waals surface area contributed by atoms with Gasteiger partial charge in [0.05, 0.1) is 5.69 Å². The standard InChI is InChI=1S/C9H14N2O/c1-3-6-8(7-4-5(7)2)11-12-9(6)10/h5,7H,3-4,10H2,1-2H3. The third-order valence-corrected chi connectivity index (χ3v) is 2.66. The van der Waals surface area contributed by atoms with E-state index in [1.54, 1.807) is 0 Å². The van der Waals surface area contributed by atoms with Gasteiger partial charge in [-0.1, -0.05) is 19.0 Å². The number of aromatic nitrogens is 1. The van der Waals surface area contributed by atoms with Gasteiger partial charge in [0.15, 0.2) is 0 Å². The summed E-state index contributed by atoms with van der Waals surface area (Å²) in [5, 5.41) is 4.00. The zero-order chi connectivity index (χ0) is 8.72. The first-order valence-corrected chi connectivity index (χ1v) is 4.48. The average molecular weight is 166 g/mol. The minimum absolute atomic E-state index is 0.506.